The number of aryl methyl sites for hydroxylation is 2. The van der Waals surface area contributed by atoms with Gasteiger partial charge in [-0.1, -0.05) is 12.1 Å². The lowest BCUT2D eigenvalue weighted by Crippen LogP contribution is -2.22. The maximum atomic E-state index is 11.4. The van der Waals surface area contributed by atoms with Gasteiger partial charge >= 0.3 is 0 Å². The molecule has 0 amide bonds. The summed E-state index contributed by atoms with van der Waals surface area (Å²) in [6, 6.07) is 7.69. The standard InChI is InChI=1S/C18H14N2O6S/c1-9-3-4-11(16(21)22)7-13(9)14-6-5-12(26-14)8-15(17(23)24)27-18-20-19-10(2)25-18/h3-8H,1-2H3,(H,21,22)(H,23,24)/p-2/b15-8-. The van der Waals surface area contributed by atoms with Crippen LogP contribution in [0.25, 0.3) is 17.4 Å². The van der Waals surface area contributed by atoms with E-state index in [4.69, 9.17) is 8.83 Å². The summed E-state index contributed by atoms with van der Waals surface area (Å²) in [6.45, 7) is 3.38. The molecule has 0 saturated carbocycles. The molecule has 138 valence electrons. The largest absolute Gasteiger partial charge is 0.545 e. The van der Waals surface area contributed by atoms with Crippen LogP contribution in [0.1, 0.15) is 27.6 Å². The Morgan fingerprint density at radius 1 is 1.07 bits per heavy atom. The average molecular weight is 384 g/mol. The van der Waals surface area contributed by atoms with Gasteiger partial charge in [0.15, 0.2) is 0 Å². The number of benzene rings is 1. The van der Waals surface area contributed by atoms with Gasteiger partial charge in [0.05, 0.1) is 11.9 Å². The molecule has 2 aromatic heterocycles. The van der Waals surface area contributed by atoms with E-state index in [1.54, 1.807) is 32.0 Å². The maximum Gasteiger partial charge on any atom is 0.281 e. The zero-order valence-electron chi connectivity index (χ0n) is 14.2. The second kappa shape index (κ2) is 7.50. The summed E-state index contributed by atoms with van der Waals surface area (Å²) in [7, 11) is 0. The lowest BCUT2D eigenvalue weighted by molar-refractivity contribution is -0.298. The second-order valence-electron chi connectivity index (χ2n) is 5.50. The Morgan fingerprint density at radius 2 is 1.85 bits per heavy atom. The molecule has 0 spiro atoms. The zero-order chi connectivity index (χ0) is 19.6. The Balaban J connectivity index is 1.92. The van der Waals surface area contributed by atoms with Gasteiger partial charge in [0, 0.05) is 17.4 Å². The molecule has 0 saturated heterocycles. The summed E-state index contributed by atoms with van der Waals surface area (Å²) in [5.41, 5.74) is 1.37. The van der Waals surface area contributed by atoms with E-state index in [9.17, 15) is 19.8 Å². The monoisotopic (exact) mass is 384 g/mol. The Labute approximate surface area is 157 Å². The van der Waals surface area contributed by atoms with Crippen LogP contribution in [-0.4, -0.2) is 22.1 Å². The summed E-state index contributed by atoms with van der Waals surface area (Å²) in [4.78, 5) is 22.2. The molecule has 8 nitrogen and oxygen atoms in total. The highest BCUT2D eigenvalue weighted by atomic mass is 32.2. The number of nitrogens with zero attached hydrogens (tertiary/aromatic N) is 2. The van der Waals surface area contributed by atoms with Crippen molar-refractivity contribution >= 4 is 29.8 Å². The molecule has 3 aromatic rings. The van der Waals surface area contributed by atoms with Gasteiger partial charge < -0.3 is 28.6 Å². The number of aliphatic carboxylic acids is 1. The predicted octanol–water partition coefficient (Wildman–Crippen LogP) is 1.19. The molecule has 9 heteroatoms. The highest BCUT2D eigenvalue weighted by Gasteiger charge is 2.12. The number of thioether (sulfide) groups is 1. The topological polar surface area (TPSA) is 132 Å². The fourth-order valence-electron chi connectivity index (χ4n) is 2.26. The highest BCUT2D eigenvalue weighted by Crippen LogP contribution is 2.30. The summed E-state index contributed by atoms with van der Waals surface area (Å²) >= 11 is 0.740. The summed E-state index contributed by atoms with van der Waals surface area (Å²) in [6.07, 6.45) is 1.26. The number of carbonyl (C=O) groups excluding carboxylic acids is 2. The van der Waals surface area contributed by atoms with Crippen LogP contribution in [0.15, 0.2) is 49.3 Å². The number of aromatic nitrogens is 2. The van der Waals surface area contributed by atoms with Crippen LogP contribution in [-0.2, 0) is 4.79 Å². The van der Waals surface area contributed by atoms with Crippen molar-refractivity contribution in [2.45, 2.75) is 19.1 Å². The van der Waals surface area contributed by atoms with Gasteiger partial charge in [-0.2, -0.15) is 0 Å². The third kappa shape index (κ3) is 4.26. The quantitative estimate of drug-likeness (QED) is 0.454. The molecule has 0 N–H and O–H groups in total. The minimum absolute atomic E-state index is 0.0156. The fraction of sp³-hybridized carbons (Fsp3) is 0.111. The van der Waals surface area contributed by atoms with E-state index in [1.807, 2.05) is 0 Å². The summed E-state index contributed by atoms with van der Waals surface area (Å²) < 4.78 is 10.8. The molecule has 27 heavy (non-hydrogen) atoms. The lowest BCUT2D eigenvalue weighted by atomic mass is 10.0. The highest BCUT2D eigenvalue weighted by molar-refractivity contribution is 8.03. The minimum Gasteiger partial charge on any atom is -0.545 e. The van der Waals surface area contributed by atoms with Crippen LogP contribution in [0.4, 0.5) is 0 Å². The van der Waals surface area contributed by atoms with E-state index in [0.717, 1.165) is 17.3 Å². The van der Waals surface area contributed by atoms with E-state index in [1.165, 1.54) is 18.2 Å². The van der Waals surface area contributed by atoms with Crippen molar-refractivity contribution in [1.82, 2.24) is 10.2 Å². The molecule has 0 aliphatic heterocycles. The molecule has 1 aromatic carbocycles. The number of hydrogen-bond acceptors (Lipinski definition) is 9. The first-order chi connectivity index (χ1) is 12.8. The van der Waals surface area contributed by atoms with Gasteiger partial charge in [-0.25, -0.2) is 0 Å². The summed E-state index contributed by atoms with van der Waals surface area (Å²) in [5.74, 6) is -1.79. The first-order valence-corrected chi connectivity index (χ1v) is 8.48. The lowest BCUT2D eigenvalue weighted by Gasteiger charge is -2.07. The first-order valence-electron chi connectivity index (χ1n) is 7.66. The van der Waals surface area contributed by atoms with Crippen molar-refractivity contribution in [3.63, 3.8) is 0 Å². The first kappa shape index (κ1) is 18.5. The maximum absolute atomic E-state index is 11.4. The van der Waals surface area contributed by atoms with E-state index in [0.29, 0.717) is 17.2 Å². The number of aromatic carboxylic acids is 1. The van der Waals surface area contributed by atoms with Crippen LogP contribution in [0.5, 0.6) is 0 Å². The molecule has 0 atom stereocenters. The third-order valence-electron chi connectivity index (χ3n) is 3.54. The van der Waals surface area contributed by atoms with Crippen LogP contribution >= 0.6 is 11.8 Å². The Morgan fingerprint density at radius 3 is 2.48 bits per heavy atom. The van der Waals surface area contributed by atoms with Crippen LogP contribution in [0.2, 0.25) is 0 Å². The molecule has 0 radical (unpaired) electrons. The molecule has 0 fully saturated rings. The molecule has 3 rings (SSSR count). The van der Waals surface area contributed by atoms with Crippen LogP contribution < -0.4 is 10.2 Å². The zero-order valence-corrected chi connectivity index (χ0v) is 15.0. The molecule has 0 bridgehead atoms. The van der Waals surface area contributed by atoms with Crippen molar-refractivity contribution in [1.29, 1.82) is 0 Å². The van der Waals surface area contributed by atoms with Crippen molar-refractivity contribution in [3.05, 3.63) is 58.0 Å². The third-order valence-corrected chi connectivity index (χ3v) is 4.39. The number of furan rings is 1. The van der Waals surface area contributed by atoms with Crippen LogP contribution in [0.3, 0.4) is 0 Å². The van der Waals surface area contributed by atoms with Gasteiger partial charge in [0.1, 0.15) is 11.5 Å². The molecule has 0 aliphatic carbocycles. The SMILES string of the molecule is Cc1nnc(S/C(=C\c2ccc(-c3cc(C(=O)[O-])ccc3C)o2)C(=O)[O-])o1. The number of carbonyl (C=O) groups is 2. The summed E-state index contributed by atoms with van der Waals surface area (Å²) in [5, 5.41) is 29.8. The Hall–Kier alpha value is -3.33. The van der Waals surface area contributed by atoms with Gasteiger partial charge in [-0.05, 0) is 54.1 Å². The van der Waals surface area contributed by atoms with Gasteiger partial charge in [-0.3, -0.25) is 0 Å². The molecule has 2 heterocycles. The molecule has 0 aliphatic rings. The van der Waals surface area contributed by atoms with Crippen molar-refractivity contribution in [2.75, 3.05) is 0 Å². The van der Waals surface area contributed by atoms with E-state index in [-0.39, 0.29) is 21.5 Å². The number of carboxylic acids is 2. The number of carboxylic acid groups (broad SMARTS) is 2. The van der Waals surface area contributed by atoms with E-state index >= 15 is 0 Å². The van der Waals surface area contributed by atoms with Crippen LogP contribution in [0, 0.1) is 13.8 Å². The fourth-order valence-corrected chi connectivity index (χ4v) is 2.95. The van der Waals surface area contributed by atoms with Crippen molar-refractivity contribution in [3.8, 4) is 11.3 Å². The smallest absolute Gasteiger partial charge is 0.281 e. The Bertz CT molecular complexity index is 1050. The Kier molecular flexibility index (Phi) is 5.13. The number of rotatable bonds is 6. The second-order valence-corrected chi connectivity index (χ2v) is 6.50. The average Bonchev–Trinajstić information content (AvgIpc) is 3.23. The van der Waals surface area contributed by atoms with Gasteiger partial charge in [0.2, 0.25) is 5.89 Å². The molecular weight excluding hydrogens is 372 g/mol. The number of hydrogen-bond donors (Lipinski definition) is 0. The van der Waals surface area contributed by atoms with Crippen molar-refractivity contribution in [2.24, 2.45) is 0 Å². The van der Waals surface area contributed by atoms with E-state index in [2.05, 4.69) is 10.2 Å². The normalized spacial score (nSPS) is 11.6. The van der Waals surface area contributed by atoms with E-state index < -0.39 is 11.9 Å². The van der Waals surface area contributed by atoms with Gasteiger partial charge in [0.25, 0.3) is 5.22 Å². The molecule has 0 unspecified atom stereocenters. The van der Waals surface area contributed by atoms with Gasteiger partial charge in [-0.15, -0.1) is 10.2 Å². The molecular formula is C18H12N2O6S-2. The van der Waals surface area contributed by atoms with Crippen molar-refractivity contribution < 1.29 is 28.6 Å². The predicted molar refractivity (Wildman–Crippen MR) is 91.1 cm³/mol. The minimum atomic E-state index is -1.43.